The van der Waals surface area contributed by atoms with Crippen LogP contribution < -0.4 is 0 Å². The van der Waals surface area contributed by atoms with E-state index in [1.54, 1.807) is 4.90 Å². The third kappa shape index (κ3) is 2.93. The first-order chi connectivity index (χ1) is 9.13. The molecule has 0 unspecified atom stereocenters. The third-order valence-electron chi connectivity index (χ3n) is 3.48. The lowest BCUT2D eigenvalue weighted by Gasteiger charge is -2.27. The second-order valence-electron chi connectivity index (χ2n) is 4.69. The van der Waals surface area contributed by atoms with Gasteiger partial charge in [0.25, 0.3) is 11.6 Å². The van der Waals surface area contributed by atoms with Crippen LogP contribution in [-0.2, 0) is 0 Å². The van der Waals surface area contributed by atoms with Crippen LogP contribution in [0.1, 0.15) is 36.2 Å². The smallest absolute Gasteiger partial charge is 0.287 e. The monoisotopic (exact) mass is 267 g/mol. The van der Waals surface area contributed by atoms with Gasteiger partial charge in [0, 0.05) is 18.7 Å². The van der Waals surface area contributed by atoms with Crippen LogP contribution in [0.15, 0.2) is 12.3 Å². The van der Waals surface area contributed by atoms with Gasteiger partial charge in [-0.1, -0.05) is 12.8 Å². The lowest BCUT2D eigenvalue weighted by atomic mass is 10.2. The first-order valence-electron chi connectivity index (χ1n) is 6.38. The Morgan fingerprint density at radius 1 is 1.53 bits per heavy atom. The molecule has 1 aromatic rings. The minimum absolute atomic E-state index is 0.106. The number of amides is 1. The largest absolute Gasteiger partial charge is 0.395 e. The van der Waals surface area contributed by atoms with Gasteiger partial charge in [0.15, 0.2) is 0 Å². The number of carbonyl (C=O) groups is 1. The van der Waals surface area contributed by atoms with E-state index in [1.807, 2.05) is 0 Å². The van der Waals surface area contributed by atoms with Crippen molar-refractivity contribution >= 4 is 11.6 Å². The van der Waals surface area contributed by atoms with E-state index < -0.39 is 4.92 Å². The number of aliphatic hydroxyl groups excluding tert-OH is 1. The first-order valence-corrected chi connectivity index (χ1v) is 6.38. The summed E-state index contributed by atoms with van der Waals surface area (Å²) in [5, 5.41) is 19.7. The van der Waals surface area contributed by atoms with Gasteiger partial charge in [-0.2, -0.15) is 0 Å². The third-order valence-corrected chi connectivity index (χ3v) is 3.48. The summed E-state index contributed by atoms with van der Waals surface area (Å²) in [6.45, 7) is 0.154. The lowest BCUT2D eigenvalue weighted by molar-refractivity contribution is -0.384. The number of aromatic amines is 1. The van der Waals surface area contributed by atoms with Crippen molar-refractivity contribution in [3.05, 3.63) is 28.1 Å². The standard InChI is InChI=1S/C12H17N3O4/c16-6-5-14(9-3-1-2-4-9)12(17)11-7-10(8-13-11)15(18)19/h7-9,13,16H,1-6H2. The zero-order valence-corrected chi connectivity index (χ0v) is 10.5. The van der Waals surface area contributed by atoms with Crippen LogP contribution in [0, 0.1) is 10.1 Å². The van der Waals surface area contributed by atoms with Gasteiger partial charge >= 0.3 is 0 Å². The Labute approximate surface area is 110 Å². The quantitative estimate of drug-likeness (QED) is 0.620. The zero-order chi connectivity index (χ0) is 13.8. The molecule has 0 saturated heterocycles. The molecular formula is C12H17N3O4. The molecule has 1 saturated carbocycles. The van der Waals surface area contributed by atoms with Gasteiger partial charge < -0.3 is 15.0 Å². The maximum absolute atomic E-state index is 12.3. The second-order valence-corrected chi connectivity index (χ2v) is 4.69. The fourth-order valence-electron chi connectivity index (χ4n) is 2.54. The molecule has 7 heteroatoms. The number of aromatic nitrogens is 1. The summed E-state index contributed by atoms with van der Waals surface area (Å²) in [4.78, 5) is 26.6. The van der Waals surface area contributed by atoms with Gasteiger partial charge in [0.05, 0.1) is 17.7 Å². The highest BCUT2D eigenvalue weighted by Crippen LogP contribution is 2.25. The Hall–Kier alpha value is -1.89. The first kappa shape index (κ1) is 13.5. The molecule has 1 fully saturated rings. The van der Waals surface area contributed by atoms with E-state index in [4.69, 9.17) is 5.11 Å². The van der Waals surface area contributed by atoms with E-state index in [9.17, 15) is 14.9 Å². The van der Waals surface area contributed by atoms with Gasteiger partial charge in [0.2, 0.25) is 0 Å². The summed E-state index contributed by atoms with van der Waals surface area (Å²) in [7, 11) is 0. The Balaban J connectivity index is 2.15. The summed E-state index contributed by atoms with van der Waals surface area (Å²) in [6, 6.07) is 1.36. The molecule has 0 radical (unpaired) electrons. The lowest BCUT2D eigenvalue weighted by Crippen LogP contribution is -2.40. The number of hydrogen-bond donors (Lipinski definition) is 2. The number of carbonyl (C=O) groups excluding carboxylic acids is 1. The molecule has 19 heavy (non-hydrogen) atoms. The zero-order valence-electron chi connectivity index (χ0n) is 10.5. The molecule has 0 atom stereocenters. The van der Waals surface area contributed by atoms with Gasteiger partial charge in [0.1, 0.15) is 5.69 Å². The van der Waals surface area contributed by atoms with E-state index in [2.05, 4.69) is 4.98 Å². The molecule has 0 aromatic carbocycles. The summed E-state index contributed by atoms with van der Waals surface area (Å²) < 4.78 is 0. The van der Waals surface area contributed by atoms with E-state index in [1.165, 1.54) is 12.3 Å². The predicted octanol–water partition coefficient (Wildman–Crippen LogP) is 1.30. The molecule has 7 nitrogen and oxygen atoms in total. The Morgan fingerprint density at radius 2 is 2.21 bits per heavy atom. The molecule has 2 N–H and O–H groups in total. The molecule has 1 aliphatic rings. The summed E-state index contributed by atoms with van der Waals surface area (Å²) >= 11 is 0. The minimum Gasteiger partial charge on any atom is -0.395 e. The molecule has 0 spiro atoms. The Bertz CT molecular complexity index is 465. The number of nitro groups is 1. The van der Waals surface area contributed by atoms with Crippen LogP contribution in [0.25, 0.3) is 0 Å². The van der Waals surface area contributed by atoms with Crippen molar-refractivity contribution in [3.8, 4) is 0 Å². The van der Waals surface area contributed by atoms with E-state index in [0.29, 0.717) is 0 Å². The second kappa shape index (κ2) is 5.83. The Morgan fingerprint density at radius 3 is 2.74 bits per heavy atom. The predicted molar refractivity (Wildman–Crippen MR) is 67.8 cm³/mol. The van der Waals surface area contributed by atoms with Crippen molar-refractivity contribution in [1.82, 2.24) is 9.88 Å². The normalized spacial score (nSPS) is 15.6. The highest BCUT2D eigenvalue weighted by molar-refractivity contribution is 5.93. The highest BCUT2D eigenvalue weighted by atomic mass is 16.6. The number of aliphatic hydroxyl groups is 1. The van der Waals surface area contributed by atoms with E-state index in [0.717, 1.165) is 25.7 Å². The van der Waals surface area contributed by atoms with Crippen molar-refractivity contribution in [2.24, 2.45) is 0 Å². The molecule has 1 amide bonds. The average Bonchev–Trinajstić information content (AvgIpc) is 3.05. The number of rotatable bonds is 5. The molecule has 1 heterocycles. The van der Waals surface area contributed by atoms with Crippen molar-refractivity contribution in [1.29, 1.82) is 0 Å². The van der Waals surface area contributed by atoms with Crippen LogP contribution in [0.4, 0.5) is 5.69 Å². The molecule has 104 valence electrons. The molecule has 0 aliphatic heterocycles. The van der Waals surface area contributed by atoms with E-state index in [-0.39, 0.29) is 36.5 Å². The average molecular weight is 267 g/mol. The number of H-pyrrole nitrogens is 1. The van der Waals surface area contributed by atoms with Crippen LogP contribution in [0.5, 0.6) is 0 Å². The highest BCUT2D eigenvalue weighted by Gasteiger charge is 2.28. The minimum atomic E-state index is -0.542. The van der Waals surface area contributed by atoms with Crippen LogP contribution in [-0.4, -0.2) is 45.0 Å². The van der Waals surface area contributed by atoms with Crippen LogP contribution in [0.3, 0.4) is 0 Å². The molecular weight excluding hydrogens is 250 g/mol. The fourth-order valence-corrected chi connectivity index (χ4v) is 2.54. The van der Waals surface area contributed by atoms with Gasteiger partial charge in [-0.15, -0.1) is 0 Å². The molecule has 2 rings (SSSR count). The van der Waals surface area contributed by atoms with Gasteiger partial charge in [-0.05, 0) is 12.8 Å². The van der Waals surface area contributed by atoms with Gasteiger partial charge in [-0.25, -0.2) is 0 Å². The SMILES string of the molecule is O=C(c1cc([N+](=O)[O-])c[nH]1)N(CCO)C1CCCC1. The maximum atomic E-state index is 12.3. The summed E-state index contributed by atoms with van der Waals surface area (Å²) in [5.74, 6) is -0.283. The van der Waals surface area contributed by atoms with Crippen molar-refractivity contribution in [3.63, 3.8) is 0 Å². The van der Waals surface area contributed by atoms with Gasteiger partial charge in [-0.3, -0.25) is 14.9 Å². The van der Waals surface area contributed by atoms with Crippen molar-refractivity contribution in [2.45, 2.75) is 31.7 Å². The molecule has 1 aromatic heterocycles. The summed E-state index contributed by atoms with van der Waals surface area (Å²) in [6.07, 6.45) is 5.21. The Kier molecular flexibility index (Phi) is 4.16. The molecule has 1 aliphatic carbocycles. The number of nitrogens with one attached hydrogen (secondary N) is 1. The number of nitrogens with zero attached hydrogens (tertiary/aromatic N) is 2. The van der Waals surface area contributed by atoms with Crippen molar-refractivity contribution < 1.29 is 14.8 Å². The van der Waals surface area contributed by atoms with Crippen LogP contribution >= 0.6 is 0 Å². The van der Waals surface area contributed by atoms with E-state index >= 15 is 0 Å². The maximum Gasteiger partial charge on any atom is 0.287 e. The fraction of sp³-hybridized carbons (Fsp3) is 0.583. The summed E-state index contributed by atoms with van der Waals surface area (Å²) in [5.41, 5.74) is 0.0748. The van der Waals surface area contributed by atoms with Crippen LogP contribution in [0.2, 0.25) is 0 Å². The number of hydrogen-bond acceptors (Lipinski definition) is 4. The molecule has 0 bridgehead atoms. The topological polar surface area (TPSA) is 99.5 Å². The van der Waals surface area contributed by atoms with Crippen molar-refractivity contribution in [2.75, 3.05) is 13.2 Å².